The Hall–Kier alpha value is -1.02. The number of rotatable bonds is 6. The summed E-state index contributed by atoms with van der Waals surface area (Å²) in [6.45, 7) is 9.35. The number of phenolic OH excluding ortho intramolecular Hbond substituents is 1. The van der Waals surface area contributed by atoms with Gasteiger partial charge in [-0.25, -0.2) is 4.99 Å². The highest BCUT2D eigenvalue weighted by Crippen LogP contribution is 2.12. The first kappa shape index (κ1) is 21.0. The number of guanidine groups is 1. The first-order valence-electron chi connectivity index (χ1n) is 8.76. The average molecular weight is 446 g/mol. The Balaban J connectivity index is 0.00000288. The lowest BCUT2D eigenvalue weighted by molar-refractivity contribution is 0.206. The molecule has 0 atom stereocenters. The molecule has 0 aliphatic carbocycles. The number of aliphatic imine (C=N–C) groups is 1. The molecule has 1 aromatic rings. The smallest absolute Gasteiger partial charge is 0.191 e. The van der Waals surface area contributed by atoms with E-state index in [-0.39, 0.29) is 24.0 Å². The van der Waals surface area contributed by atoms with Gasteiger partial charge in [-0.3, -0.25) is 0 Å². The fraction of sp³-hybridized carbons (Fsp3) is 0.611. The highest BCUT2D eigenvalue weighted by molar-refractivity contribution is 14.0. The molecule has 3 N–H and O–H groups in total. The third kappa shape index (κ3) is 7.25. The molecule has 1 fully saturated rings. The molecule has 0 bridgehead atoms. The van der Waals surface area contributed by atoms with E-state index in [0.29, 0.717) is 18.3 Å². The van der Waals surface area contributed by atoms with Crippen LogP contribution >= 0.6 is 24.0 Å². The summed E-state index contributed by atoms with van der Waals surface area (Å²) in [5, 5.41) is 16.2. The second kappa shape index (κ2) is 11.5. The van der Waals surface area contributed by atoms with Gasteiger partial charge in [-0.2, -0.15) is 0 Å². The topological polar surface area (TPSA) is 59.9 Å². The van der Waals surface area contributed by atoms with E-state index in [1.54, 1.807) is 12.1 Å². The standard InChI is InChI=1S/C18H30N4O.HI/c1-3-11-22-12-9-16(10-13-22)21-18(19-4-2)20-14-15-5-7-17(23)8-6-15;/h5-8,16,23H,3-4,9-14H2,1-2H3,(H2,19,20,21);1H. The zero-order valence-corrected chi connectivity index (χ0v) is 17.1. The van der Waals surface area contributed by atoms with Crippen molar-refractivity contribution >= 4 is 29.9 Å². The molecular formula is C18H31IN4O. The van der Waals surface area contributed by atoms with Gasteiger partial charge in [0, 0.05) is 25.7 Å². The molecule has 1 heterocycles. The highest BCUT2D eigenvalue weighted by Gasteiger charge is 2.19. The highest BCUT2D eigenvalue weighted by atomic mass is 127. The normalized spacial score (nSPS) is 16.5. The number of phenols is 1. The Morgan fingerprint density at radius 3 is 2.46 bits per heavy atom. The third-order valence-electron chi connectivity index (χ3n) is 4.17. The Morgan fingerprint density at radius 2 is 1.88 bits per heavy atom. The molecule has 24 heavy (non-hydrogen) atoms. The molecule has 0 unspecified atom stereocenters. The number of nitrogens with zero attached hydrogens (tertiary/aromatic N) is 2. The van der Waals surface area contributed by atoms with Crippen molar-refractivity contribution in [3.63, 3.8) is 0 Å². The first-order chi connectivity index (χ1) is 11.2. The van der Waals surface area contributed by atoms with Gasteiger partial charge in [0.25, 0.3) is 0 Å². The van der Waals surface area contributed by atoms with E-state index in [9.17, 15) is 5.11 Å². The molecule has 5 nitrogen and oxygen atoms in total. The van der Waals surface area contributed by atoms with Crippen molar-refractivity contribution in [2.45, 2.75) is 45.7 Å². The average Bonchev–Trinajstić information content (AvgIpc) is 2.56. The Kier molecular flexibility index (Phi) is 10.1. The van der Waals surface area contributed by atoms with Gasteiger partial charge >= 0.3 is 0 Å². The van der Waals surface area contributed by atoms with Gasteiger partial charge in [0.05, 0.1) is 6.54 Å². The molecule has 0 radical (unpaired) electrons. The molecular weight excluding hydrogens is 415 g/mol. The van der Waals surface area contributed by atoms with E-state index in [2.05, 4.69) is 34.4 Å². The quantitative estimate of drug-likeness (QED) is 0.357. The predicted molar refractivity (Wildman–Crippen MR) is 111 cm³/mol. The molecule has 1 aromatic carbocycles. The molecule has 0 aromatic heterocycles. The van der Waals surface area contributed by atoms with Crippen LogP contribution in [0.25, 0.3) is 0 Å². The zero-order chi connectivity index (χ0) is 16.5. The number of nitrogens with one attached hydrogen (secondary N) is 2. The van der Waals surface area contributed by atoms with E-state index in [1.165, 1.54) is 38.9 Å². The molecule has 1 saturated heterocycles. The fourth-order valence-corrected chi connectivity index (χ4v) is 2.90. The number of piperidine rings is 1. The molecule has 1 aliphatic rings. The van der Waals surface area contributed by atoms with Crippen LogP contribution in [0.2, 0.25) is 0 Å². The van der Waals surface area contributed by atoms with E-state index in [1.807, 2.05) is 12.1 Å². The molecule has 0 saturated carbocycles. The zero-order valence-electron chi connectivity index (χ0n) is 14.8. The van der Waals surface area contributed by atoms with Crippen LogP contribution in [0.4, 0.5) is 0 Å². The van der Waals surface area contributed by atoms with Crippen molar-refractivity contribution in [3.8, 4) is 5.75 Å². The molecule has 2 rings (SSSR count). The first-order valence-corrected chi connectivity index (χ1v) is 8.76. The SMILES string of the molecule is CCCN1CCC(NC(=NCc2ccc(O)cc2)NCC)CC1.I. The number of hydrogen-bond donors (Lipinski definition) is 3. The van der Waals surface area contributed by atoms with Gasteiger partial charge in [0.15, 0.2) is 5.96 Å². The van der Waals surface area contributed by atoms with Gasteiger partial charge in [-0.1, -0.05) is 19.1 Å². The number of hydrogen-bond acceptors (Lipinski definition) is 3. The molecule has 1 aliphatic heterocycles. The summed E-state index contributed by atoms with van der Waals surface area (Å²) in [7, 11) is 0. The van der Waals surface area contributed by atoms with E-state index in [4.69, 9.17) is 0 Å². The van der Waals surface area contributed by atoms with Crippen LogP contribution in [0.15, 0.2) is 29.3 Å². The Bertz CT molecular complexity index is 484. The van der Waals surface area contributed by atoms with Crippen molar-refractivity contribution < 1.29 is 5.11 Å². The maximum Gasteiger partial charge on any atom is 0.191 e. The summed E-state index contributed by atoms with van der Waals surface area (Å²) in [6.07, 6.45) is 3.57. The fourth-order valence-electron chi connectivity index (χ4n) is 2.90. The molecule has 136 valence electrons. The van der Waals surface area contributed by atoms with Crippen LogP contribution in [0, 0.1) is 0 Å². The van der Waals surface area contributed by atoms with Gasteiger partial charge in [-0.05, 0) is 50.4 Å². The number of aromatic hydroxyl groups is 1. The lowest BCUT2D eigenvalue weighted by atomic mass is 10.1. The van der Waals surface area contributed by atoms with Gasteiger partial charge in [0.1, 0.15) is 5.75 Å². The maximum absolute atomic E-state index is 9.33. The number of benzene rings is 1. The summed E-state index contributed by atoms with van der Waals surface area (Å²) in [6, 6.07) is 7.72. The van der Waals surface area contributed by atoms with Gasteiger partial charge in [-0.15, -0.1) is 24.0 Å². The van der Waals surface area contributed by atoms with E-state index < -0.39 is 0 Å². The summed E-state index contributed by atoms with van der Waals surface area (Å²) in [5.41, 5.74) is 1.10. The summed E-state index contributed by atoms with van der Waals surface area (Å²) in [4.78, 5) is 7.20. The van der Waals surface area contributed by atoms with Gasteiger partial charge in [0.2, 0.25) is 0 Å². The molecule has 6 heteroatoms. The summed E-state index contributed by atoms with van der Waals surface area (Å²) < 4.78 is 0. The third-order valence-corrected chi connectivity index (χ3v) is 4.17. The monoisotopic (exact) mass is 446 g/mol. The van der Waals surface area contributed by atoms with E-state index in [0.717, 1.165) is 18.1 Å². The van der Waals surface area contributed by atoms with Crippen LogP contribution in [0.5, 0.6) is 5.75 Å². The van der Waals surface area contributed by atoms with Crippen LogP contribution in [-0.4, -0.2) is 48.2 Å². The van der Waals surface area contributed by atoms with Crippen LogP contribution in [0.3, 0.4) is 0 Å². The minimum atomic E-state index is 0. The molecule has 0 spiro atoms. The predicted octanol–water partition coefficient (Wildman–Crippen LogP) is 2.94. The largest absolute Gasteiger partial charge is 0.508 e. The molecule has 0 amide bonds. The van der Waals surface area contributed by atoms with E-state index >= 15 is 0 Å². The number of likely N-dealkylation sites (tertiary alicyclic amines) is 1. The second-order valence-corrected chi connectivity index (χ2v) is 6.12. The Labute approximate surface area is 162 Å². The minimum Gasteiger partial charge on any atom is -0.508 e. The summed E-state index contributed by atoms with van der Waals surface area (Å²) in [5.74, 6) is 1.18. The minimum absolute atomic E-state index is 0. The van der Waals surface area contributed by atoms with Crippen molar-refractivity contribution in [3.05, 3.63) is 29.8 Å². The second-order valence-electron chi connectivity index (χ2n) is 6.12. The maximum atomic E-state index is 9.33. The summed E-state index contributed by atoms with van der Waals surface area (Å²) >= 11 is 0. The lowest BCUT2D eigenvalue weighted by Crippen LogP contribution is -2.48. The Morgan fingerprint density at radius 1 is 1.21 bits per heavy atom. The van der Waals surface area contributed by atoms with Crippen LogP contribution < -0.4 is 10.6 Å². The van der Waals surface area contributed by atoms with Crippen molar-refractivity contribution in [1.82, 2.24) is 15.5 Å². The lowest BCUT2D eigenvalue weighted by Gasteiger charge is -2.32. The van der Waals surface area contributed by atoms with Crippen molar-refractivity contribution in [2.75, 3.05) is 26.2 Å². The van der Waals surface area contributed by atoms with Gasteiger partial charge < -0.3 is 20.6 Å². The van der Waals surface area contributed by atoms with Crippen LogP contribution in [0.1, 0.15) is 38.7 Å². The van der Waals surface area contributed by atoms with Crippen molar-refractivity contribution in [1.29, 1.82) is 0 Å². The number of halogens is 1. The van der Waals surface area contributed by atoms with Crippen molar-refractivity contribution in [2.24, 2.45) is 4.99 Å². The van der Waals surface area contributed by atoms with Crippen LogP contribution in [-0.2, 0) is 6.54 Å².